The molecule has 1 spiro atoms. The molecule has 1 amide bonds. The molecule has 23 heavy (non-hydrogen) atoms. The summed E-state index contributed by atoms with van der Waals surface area (Å²) in [6.07, 6.45) is 5.08. The van der Waals surface area contributed by atoms with Crippen molar-refractivity contribution in [2.24, 2.45) is 11.3 Å². The largest absolute Gasteiger partial charge is 0.494 e. The molecule has 1 unspecified atom stereocenters. The quantitative estimate of drug-likeness (QED) is 0.897. The Bertz CT molecular complexity index is 582. The van der Waals surface area contributed by atoms with Crippen molar-refractivity contribution in [2.45, 2.75) is 25.7 Å². The van der Waals surface area contributed by atoms with Crippen LogP contribution in [0, 0.1) is 11.3 Å². The van der Waals surface area contributed by atoms with Crippen LogP contribution in [-0.2, 0) is 0 Å². The predicted octanol–water partition coefficient (Wildman–Crippen LogP) is 3.20. The third-order valence-corrected chi connectivity index (χ3v) is 5.58. The van der Waals surface area contributed by atoms with E-state index in [9.17, 15) is 4.79 Å². The van der Waals surface area contributed by atoms with Crippen LogP contribution < -0.4 is 10.1 Å². The van der Waals surface area contributed by atoms with E-state index < -0.39 is 0 Å². The molecule has 1 saturated heterocycles. The van der Waals surface area contributed by atoms with Crippen molar-refractivity contribution in [3.05, 3.63) is 28.8 Å². The molecule has 1 aromatic rings. The van der Waals surface area contributed by atoms with Crippen LogP contribution >= 0.6 is 11.6 Å². The number of ether oxygens (including phenoxy) is 1. The summed E-state index contributed by atoms with van der Waals surface area (Å²) < 4.78 is 5.84. The third-order valence-electron chi connectivity index (χ3n) is 5.27. The number of amides is 1. The minimum absolute atomic E-state index is 0.0904. The Morgan fingerprint density at radius 2 is 2.13 bits per heavy atom. The van der Waals surface area contributed by atoms with Crippen LogP contribution in [0.25, 0.3) is 0 Å². The first-order chi connectivity index (χ1) is 11.0. The molecule has 1 aliphatic carbocycles. The van der Waals surface area contributed by atoms with Crippen LogP contribution in [-0.4, -0.2) is 44.6 Å². The number of hydrogen-bond acceptors (Lipinski definition) is 3. The average Bonchev–Trinajstić information content (AvgIpc) is 3.19. The van der Waals surface area contributed by atoms with Gasteiger partial charge in [0.15, 0.2) is 0 Å². The molecular weight excluding hydrogens is 312 g/mol. The van der Waals surface area contributed by atoms with Crippen molar-refractivity contribution in [1.82, 2.24) is 10.2 Å². The zero-order valence-corrected chi connectivity index (χ0v) is 14.7. The molecule has 4 nitrogen and oxygen atoms in total. The normalized spacial score (nSPS) is 22.0. The van der Waals surface area contributed by atoms with E-state index in [2.05, 4.69) is 5.32 Å². The average molecular weight is 337 g/mol. The molecule has 3 rings (SSSR count). The SMILES string of the molecule is CN(C)C(=O)c1ccc(OCCC2CC23CCNCC3)cc1Cl. The lowest BCUT2D eigenvalue weighted by Gasteiger charge is -2.23. The van der Waals surface area contributed by atoms with Gasteiger partial charge in [-0.2, -0.15) is 0 Å². The maximum atomic E-state index is 12.0. The molecular formula is C18H25ClN2O2. The number of nitrogens with one attached hydrogen (secondary N) is 1. The van der Waals surface area contributed by atoms with E-state index in [0.29, 0.717) is 16.0 Å². The molecule has 0 bridgehead atoms. The molecule has 1 saturated carbocycles. The molecule has 2 fully saturated rings. The third kappa shape index (κ3) is 3.64. The van der Waals surface area contributed by atoms with Gasteiger partial charge in [-0.25, -0.2) is 0 Å². The van der Waals surface area contributed by atoms with Crippen molar-refractivity contribution in [2.75, 3.05) is 33.8 Å². The number of piperidine rings is 1. The Labute approximate surface area is 143 Å². The molecule has 126 valence electrons. The van der Waals surface area contributed by atoms with E-state index in [1.807, 2.05) is 6.07 Å². The summed E-state index contributed by atoms with van der Waals surface area (Å²) in [6, 6.07) is 5.31. The summed E-state index contributed by atoms with van der Waals surface area (Å²) >= 11 is 6.20. The second kappa shape index (κ2) is 6.70. The van der Waals surface area contributed by atoms with Crippen molar-refractivity contribution in [3.8, 4) is 5.75 Å². The fourth-order valence-electron chi connectivity index (χ4n) is 3.70. The van der Waals surface area contributed by atoms with Gasteiger partial charge in [-0.1, -0.05) is 11.6 Å². The Kier molecular flexibility index (Phi) is 4.83. The van der Waals surface area contributed by atoms with Gasteiger partial charge in [0.2, 0.25) is 0 Å². The summed E-state index contributed by atoms with van der Waals surface area (Å²) in [5.41, 5.74) is 1.12. The molecule has 0 radical (unpaired) electrons. The van der Waals surface area contributed by atoms with Gasteiger partial charge in [0.25, 0.3) is 5.91 Å². The monoisotopic (exact) mass is 336 g/mol. The standard InChI is InChI=1S/C18H25ClN2O2/c1-21(2)17(22)15-4-3-14(11-16(15)19)23-10-5-13-12-18(13)6-8-20-9-7-18/h3-4,11,13,20H,5-10,12H2,1-2H3. The van der Waals surface area contributed by atoms with Crippen LogP contribution in [0.3, 0.4) is 0 Å². The highest BCUT2D eigenvalue weighted by molar-refractivity contribution is 6.34. The molecule has 1 atom stereocenters. The molecule has 5 heteroatoms. The number of rotatable bonds is 5. The minimum Gasteiger partial charge on any atom is -0.494 e. The lowest BCUT2D eigenvalue weighted by molar-refractivity contribution is 0.0827. The zero-order chi connectivity index (χ0) is 16.4. The van der Waals surface area contributed by atoms with Crippen molar-refractivity contribution < 1.29 is 9.53 Å². The Balaban J connectivity index is 1.49. The maximum Gasteiger partial charge on any atom is 0.254 e. The Hall–Kier alpha value is -1.26. The van der Waals surface area contributed by atoms with Crippen molar-refractivity contribution >= 4 is 17.5 Å². The van der Waals surface area contributed by atoms with Crippen LogP contribution in [0.2, 0.25) is 5.02 Å². The van der Waals surface area contributed by atoms with Gasteiger partial charge in [0, 0.05) is 14.1 Å². The lowest BCUT2D eigenvalue weighted by Crippen LogP contribution is -2.29. The first kappa shape index (κ1) is 16.6. The topological polar surface area (TPSA) is 41.6 Å². The van der Waals surface area contributed by atoms with Gasteiger partial charge in [0.1, 0.15) is 5.75 Å². The summed E-state index contributed by atoms with van der Waals surface area (Å²) in [7, 11) is 3.44. The van der Waals surface area contributed by atoms with Crippen LogP contribution in [0.1, 0.15) is 36.0 Å². The maximum absolute atomic E-state index is 12.0. The number of carbonyl (C=O) groups is 1. The Morgan fingerprint density at radius 1 is 1.39 bits per heavy atom. The van der Waals surface area contributed by atoms with E-state index in [1.165, 1.54) is 24.2 Å². The highest BCUT2D eigenvalue weighted by Gasteiger charge is 2.52. The van der Waals surface area contributed by atoms with Gasteiger partial charge in [0.05, 0.1) is 17.2 Å². The van der Waals surface area contributed by atoms with E-state index in [1.54, 1.807) is 26.2 Å². The molecule has 1 aromatic carbocycles. The number of hydrogen-bond donors (Lipinski definition) is 1. The number of halogens is 1. The highest BCUT2D eigenvalue weighted by atomic mass is 35.5. The number of carbonyl (C=O) groups excluding carboxylic acids is 1. The van der Waals surface area contributed by atoms with E-state index >= 15 is 0 Å². The van der Waals surface area contributed by atoms with Crippen LogP contribution in [0.4, 0.5) is 0 Å². The number of benzene rings is 1. The molecule has 2 aliphatic rings. The summed E-state index contributed by atoms with van der Waals surface area (Å²) in [4.78, 5) is 13.5. The first-order valence-electron chi connectivity index (χ1n) is 8.36. The molecule has 0 aromatic heterocycles. The first-order valence-corrected chi connectivity index (χ1v) is 8.74. The van der Waals surface area contributed by atoms with E-state index in [-0.39, 0.29) is 5.91 Å². The van der Waals surface area contributed by atoms with Crippen molar-refractivity contribution in [3.63, 3.8) is 0 Å². The van der Waals surface area contributed by atoms with Crippen molar-refractivity contribution in [1.29, 1.82) is 0 Å². The lowest BCUT2D eigenvalue weighted by atomic mass is 9.91. The minimum atomic E-state index is -0.0904. The second-order valence-corrected chi connectivity index (χ2v) is 7.40. The fourth-order valence-corrected chi connectivity index (χ4v) is 3.95. The fraction of sp³-hybridized carbons (Fsp3) is 0.611. The molecule has 1 aliphatic heterocycles. The summed E-state index contributed by atoms with van der Waals surface area (Å²) in [5.74, 6) is 1.47. The van der Waals surface area contributed by atoms with Gasteiger partial charge in [-0.05, 0) is 68.3 Å². The molecule has 1 heterocycles. The van der Waals surface area contributed by atoms with E-state index in [0.717, 1.165) is 37.8 Å². The summed E-state index contributed by atoms with van der Waals surface area (Å²) in [5, 5.41) is 3.88. The van der Waals surface area contributed by atoms with Gasteiger partial charge < -0.3 is 15.0 Å². The summed E-state index contributed by atoms with van der Waals surface area (Å²) in [6.45, 7) is 3.04. The van der Waals surface area contributed by atoms with Crippen LogP contribution in [0.5, 0.6) is 5.75 Å². The van der Waals surface area contributed by atoms with Crippen LogP contribution in [0.15, 0.2) is 18.2 Å². The van der Waals surface area contributed by atoms with Gasteiger partial charge >= 0.3 is 0 Å². The number of nitrogens with zero attached hydrogens (tertiary/aromatic N) is 1. The Morgan fingerprint density at radius 3 is 2.78 bits per heavy atom. The van der Waals surface area contributed by atoms with Gasteiger partial charge in [-0.3, -0.25) is 4.79 Å². The van der Waals surface area contributed by atoms with Gasteiger partial charge in [-0.15, -0.1) is 0 Å². The smallest absolute Gasteiger partial charge is 0.254 e. The highest BCUT2D eigenvalue weighted by Crippen LogP contribution is 2.60. The van der Waals surface area contributed by atoms with E-state index in [4.69, 9.17) is 16.3 Å². The second-order valence-electron chi connectivity index (χ2n) is 6.99. The molecule has 1 N–H and O–H groups in total. The zero-order valence-electron chi connectivity index (χ0n) is 13.9. The predicted molar refractivity (Wildman–Crippen MR) is 92.2 cm³/mol.